The van der Waals surface area contributed by atoms with Crippen LogP contribution in [0.2, 0.25) is 0 Å². The van der Waals surface area contributed by atoms with Gasteiger partial charge in [-0.3, -0.25) is 0 Å². The van der Waals surface area contributed by atoms with Gasteiger partial charge in [0.15, 0.2) is 0 Å². The zero-order valence-electron chi connectivity index (χ0n) is 13.7. The van der Waals surface area contributed by atoms with Crippen molar-refractivity contribution in [1.29, 1.82) is 0 Å². The van der Waals surface area contributed by atoms with E-state index in [-0.39, 0.29) is 5.97 Å². The molecule has 3 heteroatoms. The molecule has 1 N–H and O–H groups in total. The number of fused-ring (bicyclic) bond motifs is 1. The van der Waals surface area contributed by atoms with Crippen molar-refractivity contribution in [2.24, 2.45) is 0 Å². The lowest BCUT2D eigenvalue weighted by Crippen LogP contribution is -2.04. The maximum atomic E-state index is 11.9. The first-order chi connectivity index (χ1) is 11.1. The molecule has 0 aliphatic rings. The molecule has 3 aromatic rings. The number of esters is 1. The highest BCUT2D eigenvalue weighted by atomic mass is 16.5. The van der Waals surface area contributed by atoms with Gasteiger partial charge in [-0.1, -0.05) is 32.0 Å². The largest absolute Gasteiger partial charge is 0.462 e. The molecular weight excluding hydrogens is 286 g/mol. The lowest BCUT2D eigenvalue weighted by molar-refractivity contribution is 0.0526. The van der Waals surface area contributed by atoms with Crippen molar-refractivity contribution in [3.63, 3.8) is 0 Å². The fourth-order valence-corrected chi connectivity index (χ4v) is 2.84. The van der Waals surface area contributed by atoms with Gasteiger partial charge in [-0.2, -0.15) is 0 Å². The lowest BCUT2D eigenvalue weighted by atomic mass is 9.97. The molecule has 0 bridgehead atoms. The van der Waals surface area contributed by atoms with Crippen LogP contribution in [0, 0.1) is 0 Å². The molecule has 0 fully saturated rings. The minimum atomic E-state index is -0.278. The van der Waals surface area contributed by atoms with Gasteiger partial charge < -0.3 is 9.72 Å². The van der Waals surface area contributed by atoms with Crippen LogP contribution >= 0.6 is 0 Å². The molecule has 1 aromatic heterocycles. The third-order valence-electron chi connectivity index (χ3n) is 4.04. The number of H-pyrrole nitrogens is 1. The lowest BCUT2D eigenvalue weighted by Gasteiger charge is -2.07. The first-order valence-corrected chi connectivity index (χ1v) is 7.98. The summed E-state index contributed by atoms with van der Waals surface area (Å²) in [6.07, 6.45) is 2.08. The number of rotatable bonds is 4. The Balaban J connectivity index is 2.04. The normalized spacial score (nSPS) is 11.1. The second-order valence-corrected chi connectivity index (χ2v) is 5.96. The van der Waals surface area contributed by atoms with Crippen LogP contribution in [0.5, 0.6) is 0 Å². The Bertz CT molecular complexity index is 846. The third-order valence-corrected chi connectivity index (χ3v) is 4.04. The molecule has 3 rings (SSSR count). The van der Waals surface area contributed by atoms with Crippen LogP contribution < -0.4 is 0 Å². The standard InChI is InChI=1S/C20H21NO2/c1-4-23-20(22)16-7-5-6-14(10-16)15-8-9-19-17(11-15)18(12-21-19)13(2)3/h5-13,21H,4H2,1-3H3. The van der Waals surface area contributed by atoms with E-state index in [0.717, 1.165) is 16.6 Å². The Hall–Kier alpha value is -2.55. The van der Waals surface area contributed by atoms with E-state index in [1.54, 1.807) is 6.07 Å². The van der Waals surface area contributed by atoms with E-state index in [9.17, 15) is 4.79 Å². The first kappa shape index (κ1) is 15.3. The molecule has 0 unspecified atom stereocenters. The molecule has 0 atom stereocenters. The number of benzene rings is 2. The van der Waals surface area contributed by atoms with Crippen molar-refractivity contribution in [2.75, 3.05) is 6.61 Å². The van der Waals surface area contributed by atoms with E-state index in [2.05, 4.69) is 43.2 Å². The number of carbonyl (C=O) groups is 1. The van der Waals surface area contributed by atoms with Crippen LogP contribution in [0.4, 0.5) is 0 Å². The fraction of sp³-hybridized carbons (Fsp3) is 0.250. The predicted octanol–water partition coefficient (Wildman–Crippen LogP) is 5.14. The predicted molar refractivity (Wildman–Crippen MR) is 93.8 cm³/mol. The van der Waals surface area contributed by atoms with Crippen molar-refractivity contribution in [1.82, 2.24) is 4.98 Å². The number of hydrogen-bond acceptors (Lipinski definition) is 2. The van der Waals surface area contributed by atoms with E-state index < -0.39 is 0 Å². The third kappa shape index (κ3) is 3.00. The molecule has 3 nitrogen and oxygen atoms in total. The maximum Gasteiger partial charge on any atom is 0.338 e. The minimum Gasteiger partial charge on any atom is -0.462 e. The summed E-state index contributed by atoms with van der Waals surface area (Å²) in [4.78, 5) is 15.2. The molecule has 1 heterocycles. The molecule has 2 aromatic carbocycles. The van der Waals surface area contributed by atoms with Crippen molar-refractivity contribution < 1.29 is 9.53 Å². The summed E-state index contributed by atoms with van der Waals surface area (Å²) in [5.41, 5.74) is 5.16. The van der Waals surface area contributed by atoms with Crippen LogP contribution in [0.25, 0.3) is 22.0 Å². The number of hydrogen-bond donors (Lipinski definition) is 1. The zero-order valence-corrected chi connectivity index (χ0v) is 13.7. The molecular formula is C20H21NO2. The van der Waals surface area contributed by atoms with E-state index in [0.29, 0.717) is 18.1 Å². The van der Waals surface area contributed by atoms with Gasteiger partial charge >= 0.3 is 5.97 Å². The molecule has 0 aliphatic carbocycles. The second kappa shape index (κ2) is 6.29. The van der Waals surface area contributed by atoms with E-state index in [1.165, 1.54) is 10.9 Å². The van der Waals surface area contributed by atoms with Gasteiger partial charge in [-0.15, -0.1) is 0 Å². The monoisotopic (exact) mass is 307 g/mol. The molecule has 0 amide bonds. The average molecular weight is 307 g/mol. The van der Waals surface area contributed by atoms with Gasteiger partial charge in [-0.25, -0.2) is 4.79 Å². The van der Waals surface area contributed by atoms with E-state index in [4.69, 9.17) is 4.74 Å². The summed E-state index contributed by atoms with van der Waals surface area (Å²) >= 11 is 0. The van der Waals surface area contributed by atoms with E-state index >= 15 is 0 Å². The number of aromatic nitrogens is 1. The summed E-state index contributed by atoms with van der Waals surface area (Å²) in [5.74, 6) is 0.185. The van der Waals surface area contributed by atoms with Gasteiger partial charge in [0.25, 0.3) is 0 Å². The Kier molecular flexibility index (Phi) is 4.20. The van der Waals surface area contributed by atoms with Gasteiger partial charge in [0.2, 0.25) is 0 Å². The van der Waals surface area contributed by atoms with Gasteiger partial charge in [0.1, 0.15) is 0 Å². The molecule has 118 valence electrons. The van der Waals surface area contributed by atoms with Crippen LogP contribution in [-0.4, -0.2) is 17.6 Å². The molecule has 0 aliphatic heterocycles. The summed E-state index contributed by atoms with van der Waals surface area (Å²) in [7, 11) is 0. The van der Waals surface area contributed by atoms with Crippen molar-refractivity contribution >= 4 is 16.9 Å². The summed E-state index contributed by atoms with van der Waals surface area (Å²) < 4.78 is 5.08. The van der Waals surface area contributed by atoms with Crippen LogP contribution in [0.1, 0.15) is 42.6 Å². The van der Waals surface area contributed by atoms with Gasteiger partial charge in [0, 0.05) is 17.1 Å². The maximum absolute atomic E-state index is 11.9. The summed E-state index contributed by atoms with van der Waals surface area (Å²) in [5, 5.41) is 1.24. The fourth-order valence-electron chi connectivity index (χ4n) is 2.84. The first-order valence-electron chi connectivity index (χ1n) is 7.98. The highest BCUT2D eigenvalue weighted by molar-refractivity contribution is 5.92. The number of aromatic amines is 1. The molecule has 0 saturated carbocycles. The topological polar surface area (TPSA) is 42.1 Å². The van der Waals surface area contributed by atoms with Crippen LogP contribution in [0.15, 0.2) is 48.7 Å². The van der Waals surface area contributed by atoms with Crippen molar-refractivity contribution in [2.45, 2.75) is 26.7 Å². The number of carbonyl (C=O) groups excluding carboxylic acids is 1. The molecule has 23 heavy (non-hydrogen) atoms. The quantitative estimate of drug-likeness (QED) is 0.678. The van der Waals surface area contributed by atoms with Crippen LogP contribution in [-0.2, 0) is 4.74 Å². The Morgan fingerprint density at radius 2 is 1.91 bits per heavy atom. The van der Waals surface area contributed by atoms with Crippen molar-refractivity contribution in [3.8, 4) is 11.1 Å². The van der Waals surface area contributed by atoms with Crippen molar-refractivity contribution in [3.05, 3.63) is 59.8 Å². The van der Waals surface area contributed by atoms with E-state index in [1.807, 2.05) is 25.1 Å². The number of ether oxygens (including phenoxy) is 1. The minimum absolute atomic E-state index is 0.278. The molecule has 0 radical (unpaired) electrons. The summed E-state index contributed by atoms with van der Waals surface area (Å²) in [6.45, 7) is 6.58. The van der Waals surface area contributed by atoms with Gasteiger partial charge in [-0.05, 0) is 53.8 Å². The highest BCUT2D eigenvalue weighted by Gasteiger charge is 2.11. The highest BCUT2D eigenvalue weighted by Crippen LogP contribution is 2.30. The second-order valence-electron chi connectivity index (χ2n) is 5.96. The van der Waals surface area contributed by atoms with Crippen LogP contribution in [0.3, 0.4) is 0 Å². The SMILES string of the molecule is CCOC(=O)c1cccc(-c2ccc3[nH]cc(C(C)C)c3c2)c1. The number of nitrogens with one attached hydrogen (secondary N) is 1. The smallest absolute Gasteiger partial charge is 0.338 e. The molecule has 0 saturated heterocycles. The Morgan fingerprint density at radius 1 is 1.13 bits per heavy atom. The zero-order chi connectivity index (χ0) is 16.4. The Labute approximate surface area is 136 Å². The average Bonchev–Trinajstić information content (AvgIpc) is 2.98. The summed E-state index contributed by atoms with van der Waals surface area (Å²) in [6, 6.07) is 13.9. The Morgan fingerprint density at radius 3 is 2.65 bits per heavy atom. The molecule has 0 spiro atoms. The van der Waals surface area contributed by atoms with Gasteiger partial charge in [0.05, 0.1) is 12.2 Å².